The Kier molecular flexibility index (Phi) is 3.89. The minimum atomic E-state index is -2.53. The molecular weight excluding hydrogens is 152 g/mol. The predicted molar refractivity (Wildman–Crippen MR) is 39.7 cm³/mol. The summed E-state index contributed by atoms with van der Waals surface area (Å²) >= 11 is 0. The summed E-state index contributed by atoms with van der Waals surface area (Å²) in [5, 5.41) is 0. The summed E-state index contributed by atoms with van der Waals surface area (Å²) in [6.45, 7) is 3.36. The van der Waals surface area contributed by atoms with Crippen molar-refractivity contribution >= 4 is 0 Å². The molecule has 0 aromatic rings. The van der Waals surface area contributed by atoms with Crippen LogP contribution in [0.1, 0.15) is 20.3 Å². The summed E-state index contributed by atoms with van der Waals surface area (Å²) in [4.78, 5) is 0. The van der Waals surface area contributed by atoms with Crippen LogP contribution in [-0.2, 0) is 4.74 Å². The second-order valence-corrected chi connectivity index (χ2v) is 2.73. The van der Waals surface area contributed by atoms with Crippen molar-refractivity contribution in [1.82, 2.24) is 0 Å². The molecule has 0 bridgehead atoms. The second kappa shape index (κ2) is 3.97. The summed E-state index contributed by atoms with van der Waals surface area (Å²) < 4.78 is 29.1. The van der Waals surface area contributed by atoms with Crippen LogP contribution in [0.5, 0.6) is 0 Å². The van der Waals surface area contributed by atoms with Gasteiger partial charge in [0, 0.05) is 7.11 Å². The molecule has 0 heterocycles. The number of rotatable bonds is 4. The van der Waals surface area contributed by atoms with Gasteiger partial charge in [0.2, 0.25) is 0 Å². The van der Waals surface area contributed by atoms with Crippen LogP contribution in [0.3, 0.4) is 0 Å². The Hall–Kier alpha value is -0.220. The molecule has 0 aromatic heterocycles. The Morgan fingerprint density at radius 3 is 2.09 bits per heavy atom. The van der Waals surface area contributed by atoms with Crippen molar-refractivity contribution < 1.29 is 13.5 Å². The van der Waals surface area contributed by atoms with Crippen molar-refractivity contribution in [3.63, 3.8) is 0 Å². The molecule has 0 saturated heterocycles. The molecule has 0 fully saturated rings. The quantitative estimate of drug-likeness (QED) is 0.686. The van der Waals surface area contributed by atoms with Crippen LogP contribution >= 0.6 is 0 Å². The van der Waals surface area contributed by atoms with Crippen LogP contribution in [0.25, 0.3) is 0 Å². The minimum Gasteiger partial charge on any atom is -0.377 e. The Balaban J connectivity index is 4.24. The highest BCUT2D eigenvalue weighted by molar-refractivity contribution is 4.87. The van der Waals surface area contributed by atoms with E-state index in [0.717, 1.165) is 0 Å². The Morgan fingerprint density at radius 2 is 2.00 bits per heavy atom. The van der Waals surface area contributed by atoms with Crippen molar-refractivity contribution in [2.24, 2.45) is 5.73 Å². The Morgan fingerprint density at radius 1 is 1.55 bits per heavy atom. The van der Waals surface area contributed by atoms with E-state index in [1.807, 2.05) is 0 Å². The van der Waals surface area contributed by atoms with Crippen LogP contribution < -0.4 is 5.73 Å². The van der Waals surface area contributed by atoms with Crippen LogP contribution in [0.15, 0.2) is 0 Å². The molecule has 11 heavy (non-hydrogen) atoms. The van der Waals surface area contributed by atoms with Gasteiger partial charge in [-0.05, 0) is 13.3 Å². The molecule has 0 saturated carbocycles. The molecule has 0 spiro atoms. The summed E-state index contributed by atoms with van der Waals surface area (Å²) in [5.74, 6) is 0. The van der Waals surface area contributed by atoms with E-state index in [0.29, 0.717) is 6.42 Å². The average Bonchev–Trinajstić information content (AvgIpc) is 2.01. The first kappa shape index (κ1) is 10.8. The van der Waals surface area contributed by atoms with Crippen LogP contribution in [-0.4, -0.2) is 25.2 Å². The lowest BCUT2D eigenvalue weighted by Crippen LogP contribution is -2.51. The van der Waals surface area contributed by atoms with Gasteiger partial charge in [0.15, 0.2) is 0 Å². The summed E-state index contributed by atoms with van der Waals surface area (Å²) in [7, 11) is 1.39. The molecule has 0 amide bonds. The zero-order valence-corrected chi connectivity index (χ0v) is 7.10. The average molecular weight is 167 g/mol. The van der Waals surface area contributed by atoms with Crippen molar-refractivity contribution in [2.75, 3.05) is 7.11 Å². The fourth-order valence-corrected chi connectivity index (χ4v) is 0.783. The van der Waals surface area contributed by atoms with Crippen molar-refractivity contribution in [3.8, 4) is 0 Å². The van der Waals surface area contributed by atoms with E-state index >= 15 is 0 Å². The van der Waals surface area contributed by atoms with Gasteiger partial charge < -0.3 is 10.5 Å². The fourth-order valence-electron chi connectivity index (χ4n) is 0.783. The number of halogens is 2. The summed E-state index contributed by atoms with van der Waals surface area (Å²) in [6.07, 6.45) is -2.05. The Labute approximate surface area is 65.7 Å². The van der Waals surface area contributed by atoms with Crippen LogP contribution in [0.2, 0.25) is 0 Å². The molecule has 2 atom stereocenters. The van der Waals surface area contributed by atoms with Gasteiger partial charge in [-0.1, -0.05) is 6.92 Å². The molecule has 0 aliphatic carbocycles. The van der Waals surface area contributed by atoms with Crippen LogP contribution in [0, 0.1) is 0 Å². The lowest BCUT2D eigenvalue weighted by molar-refractivity contribution is -0.0636. The lowest BCUT2D eigenvalue weighted by Gasteiger charge is -2.32. The molecule has 2 unspecified atom stereocenters. The summed E-state index contributed by atoms with van der Waals surface area (Å²) in [5.41, 5.74) is 4.33. The van der Waals surface area contributed by atoms with Crippen molar-refractivity contribution in [3.05, 3.63) is 0 Å². The molecule has 68 valence electrons. The smallest absolute Gasteiger partial charge is 0.256 e. The van der Waals surface area contributed by atoms with E-state index in [1.54, 1.807) is 13.8 Å². The normalized spacial score (nSPS) is 19.9. The van der Waals surface area contributed by atoms with E-state index in [4.69, 9.17) is 10.5 Å². The van der Waals surface area contributed by atoms with Crippen molar-refractivity contribution in [2.45, 2.75) is 38.3 Å². The number of nitrogens with two attached hydrogens (primary N) is 1. The lowest BCUT2D eigenvalue weighted by atomic mass is 9.94. The topological polar surface area (TPSA) is 35.2 Å². The van der Waals surface area contributed by atoms with Crippen LogP contribution in [0.4, 0.5) is 8.78 Å². The first-order valence-corrected chi connectivity index (χ1v) is 3.56. The molecule has 2 nitrogen and oxygen atoms in total. The van der Waals surface area contributed by atoms with Gasteiger partial charge in [-0.2, -0.15) is 0 Å². The maximum absolute atomic E-state index is 12.1. The number of ether oxygens (including phenoxy) is 1. The highest BCUT2D eigenvalue weighted by Gasteiger charge is 2.35. The third-order valence-corrected chi connectivity index (χ3v) is 2.14. The van der Waals surface area contributed by atoms with E-state index < -0.39 is 18.1 Å². The zero-order chi connectivity index (χ0) is 9.07. The third kappa shape index (κ3) is 2.38. The predicted octanol–water partition coefficient (Wildman–Crippen LogP) is 1.39. The van der Waals surface area contributed by atoms with Gasteiger partial charge in [-0.3, -0.25) is 0 Å². The Bertz CT molecular complexity index is 115. The largest absolute Gasteiger partial charge is 0.377 e. The number of alkyl halides is 2. The van der Waals surface area contributed by atoms with Gasteiger partial charge in [-0.25, -0.2) is 8.78 Å². The van der Waals surface area contributed by atoms with Gasteiger partial charge >= 0.3 is 0 Å². The molecule has 0 aliphatic rings. The molecule has 0 aliphatic heterocycles. The SMILES string of the molecule is CCC(C)(OC)C(N)C(F)F. The van der Waals surface area contributed by atoms with Gasteiger partial charge in [-0.15, -0.1) is 0 Å². The number of methoxy groups -OCH3 is 1. The van der Waals surface area contributed by atoms with Gasteiger partial charge in [0.05, 0.1) is 11.6 Å². The zero-order valence-electron chi connectivity index (χ0n) is 7.10. The maximum atomic E-state index is 12.1. The highest BCUT2D eigenvalue weighted by atomic mass is 19.3. The first-order valence-electron chi connectivity index (χ1n) is 3.56. The third-order valence-electron chi connectivity index (χ3n) is 2.14. The molecule has 0 radical (unpaired) electrons. The van der Waals surface area contributed by atoms with E-state index in [-0.39, 0.29) is 0 Å². The van der Waals surface area contributed by atoms with E-state index in [1.165, 1.54) is 7.11 Å². The fraction of sp³-hybridized carbons (Fsp3) is 1.00. The first-order chi connectivity index (χ1) is 4.98. The second-order valence-electron chi connectivity index (χ2n) is 2.73. The highest BCUT2D eigenvalue weighted by Crippen LogP contribution is 2.21. The number of hydrogen-bond acceptors (Lipinski definition) is 2. The molecule has 4 heteroatoms. The molecular formula is C7H15F2NO. The monoisotopic (exact) mass is 167 g/mol. The molecule has 2 N–H and O–H groups in total. The number of hydrogen-bond donors (Lipinski definition) is 1. The van der Waals surface area contributed by atoms with Gasteiger partial charge in [0.1, 0.15) is 0 Å². The van der Waals surface area contributed by atoms with E-state index in [2.05, 4.69) is 0 Å². The summed E-state index contributed by atoms with van der Waals surface area (Å²) in [6, 6.07) is -1.21. The maximum Gasteiger partial charge on any atom is 0.256 e. The van der Waals surface area contributed by atoms with Crippen molar-refractivity contribution in [1.29, 1.82) is 0 Å². The minimum absolute atomic E-state index is 0.481. The van der Waals surface area contributed by atoms with E-state index in [9.17, 15) is 8.78 Å². The molecule has 0 aromatic carbocycles. The van der Waals surface area contributed by atoms with Gasteiger partial charge in [0.25, 0.3) is 6.43 Å². The molecule has 0 rings (SSSR count). The standard InChI is InChI=1S/C7H15F2NO/c1-4-7(2,11-3)5(10)6(8)9/h5-6H,4,10H2,1-3H3.